The van der Waals surface area contributed by atoms with E-state index in [2.05, 4.69) is 4.98 Å². The van der Waals surface area contributed by atoms with Crippen LogP contribution >= 0.6 is 0 Å². The van der Waals surface area contributed by atoms with Crippen LogP contribution in [-0.2, 0) is 17.7 Å². The lowest BCUT2D eigenvalue weighted by Crippen LogP contribution is -2.07. The predicted octanol–water partition coefficient (Wildman–Crippen LogP) is 1.82. The summed E-state index contributed by atoms with van der Waals surface area (Å²) in [5, 5.41) is 8.84. The second-order valence-corrected chi connectivity index (χ2v) is 4.22. The normalized spacial score (nSPS) is 10.6. The molecule has 5 nitrogen and oxygen atoms in total. The third kappa shape index (κ3) is 3.42. The van der Waals surface area contributed by atoms with Crippen molar-refractivity contribution in [1.29, 1.82) is 0 Å². The number of methoxy groups -OCH3 is 1. The van der Waals surface area contributed by atoms with E-state index in [0.717, 1.165) is 17.8 Å². The van der Waals surface area contributed by atoms with E-state index in [4.69, 9.17) is 9.84 Å². The van der Waals surface area contributed by atoms with Crippen molar-refractivity contribution < 1.29 is 14.6 Å². The minimum absolute atomic E-state index is 0.300. The third-order valence-electron chi connectivity index (χ3n) is 2.89. The number of carboxylic acids is 1. The van der Waals surface area contributed by atoms with Crippen LogP contribution in [0.2, 0.25) is 0 Å². The van der Waals surface area contributed by atoms with E-state index >= 15 is 0 Å². The summed E-state index contributed by atoms with van der Waals surface area (Å²) in [6.45, 7) is 1.31. The van der Waals surface area contributed by atoms with Crippen LogP contribution in [0, 0.1) is 0 Å². The van der Waals surface area contributed by atoms with Gasteiger partial charge in [-0.2, -0.15) is 0 Å². The molecule has 0 aliphatic carbocycles. The molecule has 1 aromatic carbocycles. The maximum atomic E-state index is 10.8. The first-order valence-electron chi connectivity index (χ1n) is 6.02. The first-order chi connectivity index (χ1) is 9.20. The standard InChI is InChI=1S/C14H16N2O3/c1-19-9-6-13-15-7-8-16(13)10-11-2-4-12(5-3-11)14(17)18/h2-5,7-8H,6,9-10H2,1H3,(H,17,18). The zero-order chi connectivity index (χ0) is 13.7. The molecule has 5 heteroatoms. The van der Waals surface area contributed by atoms with Crippen LogP contribution in [0.15, 0.2) is 36.7 Å². The smallest absolute Gasteiger partial charge is 0.335 e. The lowest BCUT2D eigenvalue weighted by Gasteiger charge is -2.08. The van der Waals surface area contributed by atoms with E-state index in [1.807, 2.05) is 22.9 Å². The molecular formula is C14H16N2O3. The Morgan fingerprint density at radius 2 is 2.11 bits per heavy atom. The number of rotatable bonds is 6. The number of imidazole rings is 1. The van der Waals surface area contributed by atoms with E-state index in [1.165, 1.54) is 0 Å². The highest BCUT2D eigenvalue weighted by Crippen LogP contribution is 2.08. The molecule has 0 saturated carbocycles. The van der Waals surface area contributed by atoms with E-state index in [0.29, 0.717) is 18.7 Å². The fraction of sp³-hybridized carbons (Fsp3) is 0.286. The average molecular weight is 260 g/mol. The summed E-state index contributed by atoms with van der Waals surface area (Å²) < 4.78 is 7.08. The fourth-order valence-corrected chi connectivity index (χ4v) is 1.85. The number of carbonyl (C=O) groups is 1. The zero-order valence-corrected chi connectivity index (χ0v) is 10.7. The Balaban J connectivity index is 2.08. The monoisotopic (exact) mass is 260 g/mol. The fourth-order valence-electron chi connectivity index (χ4n) is 1.85. The molecule has 0 atom stereocenters. The average Bonchev–Trinajstić information content (AvgIpc) is 2.84. The van der Waals surface area contributed by atoms with Gasteiger partial charge in [-0.15, -0.1) is 0 Å². The quantitative estimate of drug-likeness (QED) is 0.860. The molecule has 1 heterocycles. The number of ether oxygens (including phenoxy) is 1. The van der Waals surface area contributed by atoms with Gasteiger partial charge in [0.1, 0.15) is 5.82 Å². The summed E-state index contributed by atoms with van der Waals surface area (Å²) in [6.07, 6.45) is 4.43. The van der Waals surface area contributed by atoms with Crippen molar-refractivity contribution in [2.24, 2.45) is 0 Å². The van der Waals surface area contributed by atoms with Gasteiger partial charge in [-0.05, 0) is 17.7 Å². The minimum atomic E-state index is -0.907. The van der Waals surface area contributed by atoms with Crippen LogP contribution in [0.4, 0.5) is 0 Å². The van der Waals surface area contributed by atoms with Crippen LogP contribution in [0.25, 0.3) is 0 Å². The maximum Gasteiger partial charge on any atom is 0.335 e. The van der Waals surface area contributed by atoms with Gasteiger partial charge in [0.2, 0.25) is 0 Å². The topological polar surface area (TPSA) is 64.4 Å². The van der Waals surface area contributed by atoms with Gasteiger partial charge in [-0.1, -0.05) is 12.1 Å². The summed E-state index contributed by atoms with van der Waals surface area (Å²) in [5.74, 6) is 0.0547. The Kier molecular flexibility index (Phi) is 4.30. The molecular weight excluding hydrogens is 244 g/mol. The van der Waals surface area contributed by atoms with Gasteiger partial charge in [-0.3, -0.25) is 0 Å². The van der Waals surface area contributed by atoms with Gasteiger partial charge in [0.25, 0.3) is 0 Å². The summed E-state index contributed by atoms with van der Waals surface area (Å²) in [6, 6.07) is 6.87. The van der Waals surface area contributed by atoms with Gasteiger partial charge in [-0.25, -0.2) is 9.78 Å². The number of aromatic nitrogens is 2. The zero-order valence-electron chi connectivity index (χ0n) is 10.7. The van der Waals surface area contributed by atoms with E-state index in [-0.39, 0.29) is 0 Å². The second-order valence-electron chi connectivity index (χ2n) is 4.22. The second kappa shape index (κ2) is 6.15. The Bertz CT molecular complexity index is 546. The minimum Gasteiger partial charge on any atom is -0.478 e. The van der Waals surface area contributed by atoms with Gasteiger partial charge in [0, 0.05) is 32.5 Å². The number of aromatic carboxylic acids is 1. The molecule has 0 saturated heterocycles. The van der Waals surface area contributed by atoms with Crippen molar-refractivity contribution in [1.82, 2.24) is 9.55 Å². The van der Waals surface area contributed by atoms with Gasteiger partial charge in [0.15, 0.2) is 0 Å². The van der Waals surface area contributed by atoms with Crippen molar-refractivity contribution in [2.45, 2.75) is 13.0 Å². The van der Waals surface area contributed by atoms with Crippen LogP contribution < -0.4 is 0 Å². The summed E-state index contributed by atoms with van der Waals surface area (Å²) in [5.41, 5.74) is 1.34. The van der Waals surface area contributed by atoms with Crippen LogP contribution in [0.3, 0.4) is 0 Å². The van der Waals surface area contributed by atoms with Gasteiger partial charge < -0.3 is 14.4 Å². The summed E-state index contributed by atoms with van der Waals surface area (Å²) in [7, 11) is 1.66. The third-order valence-corrected chi connectivity index (χ3v) is 2.89. The Hall–Kier alpha value is -2.14. The first kappa shape index (κ1) is 13.3. The highest BCUT2D eigenvalue weighted by Gasteiger charge is 2.05. The van der Waals surface area contributed by atoms with Crippen LogP contribution in [0.1, 0.15) is 21.7 Å². The Morgan fingerprint density at radius 3 is 2.74 bits per heavy atom. The maximum absolute atomic E-state index is 10.8. The molecule has 0 fully saturated rings. The number of hydrogen-bond acceptors (Lipinski definition) is 3. The first-order valence-corrected chi connectivity index (χ1v) is 6.02. The molecule has 0 bridgehead atoms. The molecule has 0 radical (unpaired) electrons. The SMILES string of the molecule is COCCc1nccn1Cc1ccc(C(=O)O)cc1. The molecule has 1 aromatic heterocycles. The molecule has 1 N–H and O–H groups in total. The summed E-state index contributed by atoms with van der Waals surface area (Å²) in [4.78, 5) is 15.1. The van der Waals surface area contributed by atoms with Crippen molar-refractivity contribution >= 4 is 5.97 Å². The largest absolute Gasteiger partial charge is 0.478 e. The molecule has 0 unspecified atom stereocenters. The lowest BCUT2D eigenvalue weighted by molar-refractivity contribution is 0.0697. The molecule has 0 spiro atoms. The molecule has 19 heavy (non-hydrogen) atoms. The van der Waals surface area contributed by atoms with E-state index in [1.54, 1.807) is 25.4 Å². The Morgan fingerprint density at radius 1 is 1.37 bits per heavy atom. The molecule has 100 valence electrons. The van der Waals surface area contributed by atoms with Crippen molar-refractivity contribution in [3.63, 3.8) is 0 Å². The molecule has 0 aliphatic rings. The summed E-state index contributed by atoms with van der Waals surface area (Å²) >= 11 is 0. The molecule has 2 rings (SSSR count). The van der Waals surface area contributed by atoms with Crippen molar-refractivity contribution in [2.75, 3.05) is 13.7 Å². The van der Waals surface area contributed by atoms with E-state index in [9.17, 15) is 4.79 Å². The number of carboxylic acid groups (broad SMARTS) is 1. The van der Waals surface area contributed by atoms with E-state index < -0.39 is 5.97 Å². The predicted molar refractivity (Wildman–Crippen MR) is 70.3 cm³/mol. The Labute approximate surface area is 111 Å². The lowest BCUT2D eigenvalue weighted by atomic mass is 10.1. The number of hydrogen-bond donors (Lipinski definition) is 1. The van der Waals surface area contributed by atoms with Crippen LogP contribution in [0.5, 0.6) is 0 Å². The van der Waals surface area contributed by atoms with Crippen LogP contribution in [-0.4, -0.2) is 34.3 Å². The van der Waals surface area contributed by atoms with Gasteiger partial charge in [0.05, 0.1) is 12.2 Å². The van der Waals surface area contributed by atoms with Crippen molar-refractivity contribution in [3.05, 3.63) is 53.6 Å². The highest BCUT2D eigenvalue weighted by molar-refractivity contribution is 5.87. The molecule has 0 amide bonds. The number of nitrogens with zero attached hydrogens (tertiary/aromatic N) is 2. The molecule has 0 aliphatic heterocycles. The number of benzene rings is 1. The highest BCUT2D eigenvalue weighted by atomic mass is 16.5. The van der Waals surface area contributed by atoms with Crippen molar-refractivity contribution in [3.8, 4) is 0 Å². The van der Waals surface area contributed by atoms with Gasteiger partial charge >= 0.3 is 5.97 Å². The molecule has 2 aromatic rings.